The number of thiophene rings is 1. The van der Waals surface area contributed by atoms with Crippen molar-refractivity contribution in [2.75, 3.05) is 18.0 Å². The number of anilines is 1. The zero-order chi connectivity index (χ0) is 11.7. The number of nitrogens with two attached hydrogens (primary N) is 1. The molecule has 0 saturated carbocycles. The molecule has 17 heavy (non-hydrogen) atoms. The predicted octanol–water partition coefficient (Wildman–Crippen LogP) is 1.74. The van der Waals surface area contributed by atoms with E-state index in [1.165, 1.54) is 0 Å². The second-order valence-corrected chi connectivity index (χ2v) is 5.05. The third-order valence-electron chi connectivity index (χ3n) is 3.02. The molecular formula is C12H14N4S. The minimum Gasteiger partial charge on any atom is -0.355 e. The molecule has 0 amide bonds. The Morgan fingerprint density at radius 2 is 2.35 bits per heavy atom. The maximum absolute atomic E-state index is 5.91. The predicted molar refractivity (Wildman–Crippen MR) is 70.2 cm³/mol. The second kappa shape index (κ2) is 4.43. The molecule has 0 radical (unpaired) electrons. The standard InChI is InChI=1S/C12H14N4S/c13-10-1-3-16(6-10)12-5-11(14-8-15-12)9-2-4-17-7-9/h2,4-5,7-8,10H,1,3,6,13H2. The highest BCUT2D eigenvalue weighted by Crippen LogP contribution is 2.24. The quantitative estimate of drug-likeness (QED) is 0.877. The van der Waals surface area contributed by atoms with Crippen LogP contribution in [0.2, 0.25) is 0 Å². The lowest BCUT2D eigenvalue weighted by Gasteiger charge is -2.16. The summed E-state index contributed by atoms with van der Waals surface area (Å²) in [5, 5.41) is 4.16. The molecule has 0 aromatic carbocycles. The smallest absolute Gasteiger partial charge is 0.132 e. The molecule has 4 nitrogen and oxygen atoms in total. The van der Waals surface area contributed by atoms with E-state index >= 15 is 0 Å². The van der Waals surface area contributed by atoms with Crippen molar-refractivity contribution in [2.24, 2.45) is 5.73 Å². The van der Waals surface area contributed by atoms with Crippen molar-refractivity contribution in [3.63, 3.8) is 0 Å². The Bertz CT molecular complexity index is 497. The van der Waals surface area contributed by atoms with Crippen LogP contribution in [0, 0.1) is 0 Å². The van der Waals surface area contributed by atoms with Crippen LogP contribution < -0.4 is 10.6 Å². The van der Waals surface area contributed by atoms with Crippen LogP contribution in [0.5, 0.6) is 0 Å². The molecule has 1 fully saturated rings. The van der Waals surface area contributed by atoms with Gasteiger partial charge in [-0.05, 0) is 17.9 Å². The number of hydrogen-bond donors (Lipinski definition) is 1. The summed E-state index contributed by atoms with van der Waals surface area (Å²) in [6, 6.07) is 4.39. The average molecular weight is 246 g/mol. The Hall–Kier alpha value is -1.46. The molecule has 0 aliphatic carbocycles. The Labute approximate surface area is 104 Å². The number of aromatic nitrogens is 2. The molecule has 5 heteroatoms. The maximum Gasteiger partial charge on any atom is 0.132 e. The fourth-order valence-corrected chi connectivity index (χ4v) is 2.73. The summed E-state index contributed by atoms with van der Waals surface area (Å²) in [6.07, 6.45) is 2.67. The van der Waals surface area contributed by atoms with E-state index in [1.54, 1.807) is 17.7 Å². The molecular weight excluding hydrogens is 232 g/mol. The normalized spacial score (nSPS) is 19.8. The van der Waals surface area contributed by atoms with Gasteiger partial charge in [-0.2, -0.15) is 11.3 Å². The van der Waals surface area contributed by atoms with Crippen molar-refractivity contribution in [1.29, 1.82) is 0 Å². The Kier molecular flexibility index (Phi) is 2.78. The van der Waals surface area contributed by atoms with Crippen molar-refractivity contribution < 1.29 is 0 Å². The van der Waals surface area contributed by atoms with Crippen molar-refractivity contribution >= 4 is 17.2 Å². The molecule has 2 aromatic heterocycles. The molecule has 3 rings (SSSR count). The van der Waals surface area contributed by atoms with E-state index in [9.17, 15) is 0 Å². The number of rotatable bonds is 2. The van der Waals surface area contributed by atoms with Crippen molar-refractivity contribution in [1.82, 2.24) is 9.97 Å². The summed E-state index contributed by atoms with van der Waals surface area (Å²) in [6.45, 7) is 1.88. The lowest BCUT2D eigenvalue weighted by Crippen LogP contribution is -2.26. The first-order valence-electron chi connectivity index (χ1n) is 5.68. The molecule has 0 spiro atoms. The van der Waals surface area contributed by atoms with Gasteiger partial charge in [0.1, 0.15) is 12.1 Å². The van der Waals surface area contributed by atoms with E-state index in [0.717, 1.165) is 36.6 Å². The Morgan fingerprint density at radius 3 is 3.06 bits per heavy atom. The SMILES string of the molecule is NC1CCN(c2cc(-c3ccsc3)ncn2)C1. The van der Waals surface area contributed by atoms with Gasteiger partial charge in [0.25, 0.3) is 0 Å². The van der Waals surface area contributed by atoms with Gasteiger partial charge in [0, 0.05) is 36.1 Å². The number of hydrogen-bond acceptors (Lipinski definition) is 5. The summed E-state index contributed by atoms with van der Waals surface area (Å²) in [4.78, 5) is 10.9. The molecule has 1 aliphatic heterocycles. The third kappa shape index (κ3) is 2.16. The zero-order valence-electron chi connectivity index (χ0n) is 9.41. The van der Waals surface area contributed by atoms with Crippen LogP contribution in [0.25, 0.3) is 11.3 Å². The van der Waals surface area contributed by atoms with Crippen LogP contribution in [0.3, 0.4) is 0 Å². The van der Waals surface area contributed by atoms with Gasteiger partial charge in [-0.25, -0.2) is 9.97 Å². The van der Waals surface area contributed by atoms with Crippen LogP contribution >= 0.6 is 11.3 Å². The van der Waals surface area contributed by atoms with Gasteiger partial charge in [0.2, 0.25) is 0 Å². The minimum atomic E-state index is 0.273. The lowest BCUT2D eigenvalue weighted by atomic mass is 10.2. The largest absolute Gasteiger partial charge is 0.355 e. The van der Waals surface area contributed by atoms with E-state index < -0.39 is 0 Å². The average Bonchev–Trinajstić information content (AvgIpc) is 3.00. The van der Waals surface area contributed by atoms with Crippen molar-refractivity contribution in [3.05, 3.63) is 29.2 Å². The fraction of sp³-hybridized carbons (Fsp3) is 0.333. The molecule has 1 unspecified atom stereocenters. The minimum absolute atomic E-state index is 0.273. The van der Waals surface area contributed by atoms with Crippen LogP contribution in [-0.4, -0.2) is 29.1 Å². The molecule has 2 N–H and O–H groups in total. The summed E-state index contributed by atoms with van der Waals surface area (Å²) < 4.78 is 0. The van der Waals surface area contributed by atoms with Crippen LogP contribution in [0.1, 0.15) is 6.42 Å². The highest BCUT2D eigenvalue weighted by atomic mass is 32.1. The second-order valence-electron chi connectivity index (χ2n) is 4.27. The van der Waals surface area contributed by atoms with Crippen LogP contribution in [0.4, 0.5) is 5.82 Å². The van der Waals surface area contributed by atoms with Crippen LogP contribution in [-0.2, 0) is 0 Å². The zero-order valence-corrected chi connectivity index (χ0v) is 10.2. The molecule has 1 atom stereocenters. The monoisotopic (exact) mass is 246 g/mol. The number of nitrogens with zero attached hydrogens (tertiary/aromatic N) is 3. The van der Waals surface area contributed by atoms with Gasteiger partial charge >= 0.3 is 0 Å². The van der Waals surface area contributed by atoms with Crippen LogP contribution in [0.15, 0.2) is 29.2 Å². The third-order valence-corrected chi connectivity index (χ3v) is 3.70. The molecule has 0 bridgehead atoms. The molecule has 2 aromatic rings. The van der Waals surface area contributed by atoms with Gasteiger partial charge < -0.3 is 10.6 Å². The highest BCUT2D eigenvalue weighted by molar-refractivity contribution is 7.08. The van der Waals surface area contributed by atoms with Gasteiger partial charge in [-0.1, -0.05) is 0 Å². The summed E-state index contributed by atoms with van der Waals surface area (Å²) in [7, 11) is 0. The fourth-order valence-electron chi connectivity index (χ4n) is 2.08. The van der Waals surface area contributed by atoms with E-state index in [0.29, 0.717) is 0 Å². The van der Waals surface area contributed by atoms with E-state index in [4.69, 9.17) is 5.73 Å². The topological polar surface area (TPSA) is 55.0 Å². The van der Waals surface area contributed by atoms with Gasteiger partial charge in [-0.3, -0.25) is 0 Å². The highest BCUT2D eigenvalue weighted by Gasteiger charge is 2.20. The molecule has 3 heterocycles. The summed E-state index contributed by atoms with van der Waals surface area (Å²) in [5.41, 5.74) is 8.05. The van der Waals surface area contributed by atoms with Gasteiger partial charge in [0.05, 0.1) is 5.69 Å². The van der Waals surface area contributed by atoms with Crippen molar-refractivity contribution in [2.45, 2.75) is 12.5 Å². The summed E-state index contributed by atoms with van der Waals surface area (Å²) >= 11 is 1.68. The first-order chi connectivity index (χ1) is 8.33. The molecule has 88 valence electrons. The van der Waals surface area contributed by atoms with Gasteiger partial charge in [-0.15, -0.1) is 0 Å². The first kappa shape index (κ1) is 10.7. The first-order valence-corrected chi connectivity index (χ1v) is 6.62. The molecule has 1 saturated heterocycles. The Morgan fingerprint density at radius 1 is 1.41 bits per heavy atom. The lowest BCUT2D eigenvalue weighted by molar-refractivity contribution is 0.751. The maximum atomic E-state index is 5.91. The Balaban J connectivity index is 1.89. The molecule has 1 aliphatic rings. The summed E-state index contributed by atoms with van der Waals surface area (Å²) in [5.74, 6) is 0.981. The van der Waals surface area contributed by atoms with Gasteiger partial charge in [0.15, 0.2) is 0 Å². The van der Waals surface area contributed by atoms with E-state index in [2.05, 4.69) is 31.7 Å². The van der Waals surface area contributed by atoms with Crippen molar-refractivity contribution in [3.8, 4) is 11.3 Å². The van der Waals surface area contributed by atoms with E-state index in [-0.39, 0.29) is 6.04 Å². The van der Waals surface area contributed by atoms with E-state index in [1.807, 2.05) is 6.07 Å².